The molecule has 1 heterocycles. The van der Waals surface area contributed by atoms with Crippen LogP contribution < -0.4 is 10.6 Å². The van der Waals surface area contributed by atoms with Crippen molar-refractivity contribution in [3.63, 3.8) is 0 Å². The molecule has 0 aliphatic carbocycles. The summed E-state index contributed by atoms with van der Waals surface area (Å²) < 4.78 is 0.918. The number of anilines is 2. The zero-order valence-corrected chi connectivity index (χ0v) is 13.6. The van der Waals surface area contributed by atoms with Crippen LogP contribution in [-0.4, -0.2) is 16.9 Å². The number of amides is 1. The zero-order valence-electron chi connectivity index (χ0n) is 12.1. The molecule has 21 heavy (non-hydrogen) atoms. The smallest absolute Gasteiger partial charge is 0.274 e. The summed E-state index contributed by atoms with van der Waals surface area (Å²) in [4.78, 5) is 16.3. The molecule has 4 nitrogen and oxygen atoms in total. The number of carbonyl (C=O) groups excluding carboxylic acids is 1. The number of pyridine rings is 1. The molecular formula is C16H18BrN3O. The van der Waals surface area contributed by atoms with Crippen LogP contribution in [0.3, 0.4) is 0 Å². The molecule has 0 aliphatic rings. The first kappa shape index (κ1) is 15.5. The molecule has 1 unspecified atom stereocenters. The van der Waals surface area contributed by atoms with Gasteiger partial charge in [-0.15, -0.1) is 0 Å². The molecule has 0 saturated carbocycles. The van der Waals surface area contributed by atoms with Gasteiger partial charge in [-0.1, -0.05) is 28.9 Å². The molecule has 0 bridgehead atoms. The van der Waals surface area contributed by atoms with Crippen molar-refractivity contribution in [3.8, 4) is 0 Å². The van der Waals surface area contributed by atoms with Crippen molar-refractivity contribution in [1.82, 2.24) is 4.98 Å². The van der Waals surface area contributed by atoms with Crippen molar-refractivity contribution < 1.29 is 4.79 Å². The maximum absolute atomic E-state index is 12.1. The van der Waals surface area contributed by atoms with Gasteiger partial charge >= 0.3 is 0 Å². The second-order valence-corrected chi connectivity index (χ2v) is 5.77. The first-order valence-corrected chi connectivity index (χ1v) is 7.67. The lowest BCUT2D eigenvalue weighted by Gasteiger charge is -2.12. The SMILES string of the molecule is CCC(C)Nc1ccc(C(=O)Nc2cccc(Br)c2)nc1. The third-order valence-electron chi connectivity index (χ3n) is 3.10. The second kappa shape index (κ2) is 7.22. The van der Waals surface area contributed by atoms with Crippen LogP contribution in [0, 0.1) is 0 Å². The van der Waals surface area contributed by atoms with Crippen LogP contribution in [0.15, 0.2) is 47.1 Å². The van der Waals surface area contributed by atoms with Gasteiger partial charge in [0, 0.05) is 16.2 Å². The maximum Gasteiger partial charge on any atom is 0.274 e. The minimum absolute atomic E-state index is 0.219. The van der Waals surface area contributed by atoms with Gasteiger partial charge < -0.3 is 10.6 Å². The van der Waals surface area contributed by atoms with Crippen molar-refractivity contribution in [2.24, 2.45) is 0 Å². The third kappa shape index (κ3) is 4.56. The molecule has 0 radical (unpaired) electrons. The van der Waals surface area contributed by atoms with Crippen LogP contribution in [0.4, 0.5) is 11.4 Å². The molecule has 0 fully saturated rings. The summed E-state index contributed by atoms with van der Waals surface area (Å²) in [7, 11) is 0. The molecule has 110 valence electrons. The van der Waals surface area contributed by atoms with E-state index < -0.39 is 0 Å². The first-order valence-electron chi connectivity index (χ1n) is 6.88. The van der Waals surface area contributed by atoms with E-state index in [4.69, 9.17) is 0 Å². The summed E-state index contributed by atoms with van der Waals surface area (Å²) in [5.74, 6) is -0.219. The van der Waals surface area contributed by atoms with E-state index in [9.17, 15) is 4.79 Å². The van der Waals surface area contributed by atoms with E-state index in [0.29, 0.717) is 11.7 Å². The van der Waals surface area contributed by atoms with Crippen molar-refractivity contribution in [2.75, 3.05) is 10.6 Å². The van der Waals surface area contributed by atoms with Crippen molar-refractivity contribution in [3.05, 3.63) is 52.8 Å². The highest BCUT2D eigenvalue weighted by Crippen LogP contribution is 2.16. The Morgan fingerprint density at radius 3 is 2.71 bits per heavy atom. The van der Waals surface area contributed by atoms with Gasteiger partial charge in [-0.3, -0.25) is 4.79 Å². The van der Waals surface area contributed by atoms with Crippen LogP contribution in [0.2, 0.25) is 0 Å². The van der Waals surface area contributed by atoms with E-state index in [1.54, 1.807) is 12.3 Å². The summed E-state index contributed by atoms with van der Waals surface area (Å²) in [6.45, 7) is 4.22. The molecule has 1 amide bonds. The summed E-state index contributed by atoms with van der Waals surface area (Å²) in [6, 6.07) is 11.4. The van der Waals surface area contributed by atoms with E-state index in [1.165, 1.54) is 0 Å². The number of carbonyl (C=O) groups is 1. The highest BCUT2D eigenvalue weighted by atomic mass is 79.9. The average Bonchev–Trinajstić information content (AvgIpc) is 2.47. The Kier molecular flexibility index (Phi) is 5.33. The van der Waals surface area contributed by atoms with Crippen molar-refractivity contribution in [1.29, 1.82) is 0 Å². The van der Waals surface area contributed by atoms with Gasteiger partial charge in [0.1, 0.15) is 5.69 Å². The van der Waals surface area contributed by atoms with Gasteiger partial charge in [-0.25, -0.2) is 4.98 Å². The fourth-order valence-corrected chi connectivity index (χ4v) is 2.16. The standard InChI is InChI=1S/C16H18BrN3O/c1-3-11(2)19-14-7-8-15(18-10-14)16(21)20-13-6-4-5-12(17)9-13/h4-11,19H,3H2,1-2H3,(H,20,21). The summed E-state index contributed by atoms with van der Waals surface area (Å²) in [6.07, 6.45) is 2.72. The molecule has 0 saturated heterocycles. The van der Waals surface area contributed by atoms with E-state index in [1.807, 2.05) is 30.3 Å². The topological polar surface area (TPSA) is 54.0 Å². The summed E-state index contributed by atoms with van der Waals surface area (Å²) >= 11 is 3.37. The molecule has 0 spiro atoms. The lowest BCUT2D eigenvalue weighted by atomic mass is 10.2. The van der Waals surface area contributed by atoms with E-state index in [2.05, 4.69) is 45.4 Å². The largest absolute Gasteiger partial charge is 0.381 e. The van der Waals surface area contributed by atoms with E-state index in [0.717, 1.165) is 22.3 Å². The highest BCUT2D eigenvalue weighted by molar-refractivity contribution is 9.10. The third-order valence-corrected chi connectivity index (χ3v) is 3.60. The van der Waals surface area contributed by atoms with Gasteiger partial charge in [0.05, 0.1) is 11.9 Å². The van der Waals surface area contributed by atoms with Crippen LogP contribution in [0.1, 0.15) is 30.8 Å². The molecule has 2 N–H and O–H groups in total. The normalized spacial score (nSPS) is 11.8. The number of aromatic nitrogens is 1. The molecule has 2 rings (SSSR count). The Morgan fingerprint density at radius 2 is 2.10 bits per heavy atom. The predicted octanol–water partition coefficient (Wildman–Crippen LogP) is 4.31. The zero-order chi connectivity index (χ0) is 15.2. The van der Waals surface area contributed by atoms with Crippen molar-refractivity contribution in [2.45, 2.75) is 26.3 Å². The average molecular weight is 348 g/mol. The highest BCUT2D eigenvalue weighted by Gasteiger charge is 2.08. The van der Waals surface area contributed by atoms with Gasteiger partial charge in [-0.05, 0) is 43.7 Å². The van der Waals surface area contributed by atoms with Gasteiger partial charge in [0.2, 0.25) is 0 Å². The lowest BCUT2D eigenvalue weighted by Crippen LogP contribution is -2.16. The number of benzene rings is 1. The Balaban J connectivity index is 2.03. The summed E-state index contributed by atoms with van der Waals surface area (Å²) in [5, 5.41) is 6.13. The number of halogens is 1. The minimum atomic E-state index is -0.219. The molecule has 2 aromatic rings. The second-order valence-electron chi connectivity index (χ2n) is 4.85. The van der Waals surface area contributed by atoms with E-state index in [-0.39, 0.29) is 5.91 Å². The quantitative estimate of drug-likeness (QED) is 0.847. The van der Waals surface area contributed by atoms with Crippen molar-refractivity contribution >= 4 is 33.2 Å². The van der Waals surface area contributed by atoms with Crippen LogP contribution in [-0.2, 0) is 0 Å². The monoisotopic (exact) mass is 347 g/mol. The predicted molar refractivity (Wildman–Crippen MR) is 89.7 cm³/mol. The van der Waals surface area contributed by atoms with Crippen LogP contribution in [0.25, 0.3) is 0 Å². The van der Waals surface area contributed by atoms with Crippen LogP contribution in [0.5, 0.6) is 0 Å². The Morgan fingerprint density at radius 1 is 1.29 bits per heavy atom. The number of rotatable bonds is 5. The maximum atomic E-state index is 12.1. The van der Waals surface area contributed by atoms with Gasteiger partial charge in [-0.2, -0.15) is 0 Å². The molecule has 1 aromatic heterocycles. The molecule has 5 heteroatoms. The molecule has 1 aromatic carbocycles. The summed E-state index contributed by atoms with van der Waals surface area (Å²) in [5.41, 5.74) is 2.05. The fraction of sp³-hybridized carbons (Fsp3) is 0.250. The Bertz CT molecular complexity index is 613. The number of hydrogen-bond donors (Lipinski definition) is 2. The Hall–Kier alpha value is -1.88. The molecule has 1 atom stereocenters. The minimum Gasteiger partial charge on any atom is -0.381 e. The lowest BCUT2D eigenvalue weighted by molar-refractivity contribution is 0.102. The molecule has 0 aliphatic heterocycles. The fourth-order valence-electron chi connectivity index (χ4n) is 1.76. The van der Waals surface area contributed by atoms with E-state index >= 15 is 0 Å². The van der Waals surface area contributed by atoms with Gasteiger partial charge in [0.25, 0.3) is 5.91 Å². The Labute approximate surface area is 133 Å². The first-order chi connectivity index (χ1) is 10.1. The number of nitrogens with zero attached hydrogens (tertiary/aromatic N) is 1. The number of hydrogen-bond acceptors (Lipinski definition) is 3. The molecular weight excluding hydrogens is 330 g/mol. The van der Waals surface area contributed by atoms with Crippen LogP contribution >= 0.6 is 15.9 Å². The van der Waals surface area contributed by atoms with Gasteiger partial charge in [0.15, 0.2) is 0 Å². The number of nitrogens with one attached hydrogen (secondary N) is 2.